The normalized spacial score (nSPS) is 10.7. The van der Waals surface area contributed by atoms with Gasteiger partial charge in [0.25, 0.3) is 0 Å². The number of hydrogen-bond donors (Lipinski definition) is 0. The van der Waals surface area contributed by atoms with E-state index >= 15 is 0 Å². The molecule has 2 aromatic rings. The highest BCUT2D eigenvalue weighted by Crippen LogP contribution is 2.11. The smallest absolute Gasteiger partial charge is 0.179 e. The summed E-state index contributed by atoms with van der Waals surface area (Å²) in [6.45, 7) is 3.15. The van der Waals surface area contributed by atoms with E-state index < -0.39 is 0 Å². The van der Waals surface area contributed by atoms with Crippen LogP contribution in [0.4, 0.5) is 0 Å². The van der Waals surface area contributed by atoms with E-state index in [1.807, 2.05) is 36.5 Å². The van der Waals surface area contributed by atoms with E-state index in [0.717, 1.165) is 25.1 Å². The number of carbonyl (C=O) groups excluding carboxylic acids is 1. The van der Waals surface area contributed by atoms with Gasteiger partial charge in [0.05, 0.1) is 5.69 Å². The molecule has 0 aliphatic heterocycles. The van der Waals surface area contributed by atoms with E-state index in [0.29, 0.717) is 6.42 Å². The molecule has 0 bridgehead atoms. The maximum atomic E-state index is 12.3. The van der Waals surface area contributed by atoms with E-state index in [4.69, 9.17) is 0 Å². The molecule has 1 aromatic carbocycles. The summed E-state index contributed by atoms with van der Waals surface area (Å²) in [6.07, 6.45) is 6.99. The van der Waals surface area contributed by atoms with Crippen molar-refractivity contribution in [2.75, 3.05) is 0 Å². The highest BCUT2D eigenvalue weighted by molar-refractivity contribution is 5.94. The topological polar surface area (TPSA) is 22.0 Å². The van der Waals surface area contributed by atoms with Crippen molar-refractivity contribution >= 4 is 5.78 Å². The van der Waals surface area contributed by atoms with Crippen LogP contribution in [0.2, 0.25) is 0 Å². The fourth-order valence-corrected chi connectivity index (χ4v) is 2.42. The number of hydrogen-bond acceptors (Lipinski definition) is 1. The van der Waals surface area contributed by atoms with Crippen molar-refractivity contribution in [2.45, 2.75) is 45.6 Å². The SMILES string of the molecule is CCCCCn1cccc1C(=O)CCc1ccccc1. The van der Waals surface area contributed by atoms with Gasteiger partial charge in [-0.1, -0.05) is 50.1 Å². The number of aromatic nitrogens is 1. The second-order valence-electron chi connectivity index (χ2n) is 5.20. The molecule has 106 valence electrons. The maximum absolute atomic E-state index is 12.3. The fourth-order valence-electron chi connectivity index (χ4n) is 2.42. The Morgan fingerprint density at radius 1 is 1.05 bits per heavy atom. The highest BCUT2D eigenvalue weighted by atomic mass is 16.1. The average molecular weight is 269 g/mol. The number of carbonyl (C=O) groups is 1. The fraction of sp³-hybridized carbons (Fsp3) is 0.389. The van der Waals surface area contributed by atoms with Gasteiger partial charge in [-0.3, -0.25) is 4.79 Å². The Kier molecular flexibility index (Phi) is 5.60. The Morgan fingerprint density at radius 3 is 2.60 bits per heavy atom. The molecule has 1 heterocycles. The molecule has 0 saturated heterocycles. The zero-order valence-electron chi connectivity index (χ0n) is 12.2. The Labute approximate surface area is 121 Å². The molecule has 2 heteroatoms. The molecule has 0 unspecified atom stereocenters. The van der Waals surface area contributed by atoms with Crippen molar-refractivity contribution in [3.8, 4) is 0 Å². The van der Waals surface area contributed by atoms with Gasteiger partial charge in [0.1, 0.15) is 0 Å². The quantitative estimate of drug-likeness (QED) is 0.511. The molecule has 0 saturated carbocycles. The Morgan fingerprint density at radius 2 is 1.85 bits per heavy atom. The van der Waals surface area contributed by atoms with Crippen molar-refractivity contribution in [1.29, 1.82) is 0 Å². The summed E-state index contributed by atoms with van der Waals surface area (Å²) in [5, 5.41) is 0. The lowest BCUT2D eigenvalue weighted by Gasteiger charge is -2.08. The second-order valence-corrected chi connectivity index (χ2v) is 5.20. The minimum Gasteiger partial charge on any atom is -0.345 e. The minimum atomic E-state index is 0.246. The number of Topliss-reactive ketones (excluding diaryl/α,β-unsaturated/α-hetero) is 1. The monoisotopic (exact) mass is 269 g/mol. The van der Waals surface area contributed by atoms with E-state index in [9.17, 15) is 4.79 Å². The standard InChI is InChI=1S/C18H23NO/c1-2-3-7-14-19-15-8-11-17(19)18(20)13-12-16-9-5-4-6-10-16/h4-6,8-11,15H,2-3,7,12-14H2,1H3. The number of rotatable bonds is 8. The number of aryl methyl sites for hydroxylation is 2. The summed E-state index contributed by atoms with van der Waals surface area (Å²) in [7, 11) is 0. The first-order valence-corrected chi connectivity index (χ1v) is 7.53. The lowest BCUT2D eigenvalue weighted by Crippen LogP contribution is -2.09. The molecule has 0 fully saturated rings. The van der Waals surface area contributed by atoms with Crippen molar-refractivity contribution < 1.29 is 4.79 Å². The molecule has 0 radical (unpaired) electrons. The Hall–Kier alpha value is -1.83. The van der Waals surface area contributed by atoms with Crippen molar-refractivity contribution in [1.82, 2.24) is 4.57 Å². The van der Waals surface area contributed by atoms with Crippen LogP contribution in [0.5, 0.6) is 0 Å². The molecule has 0 amide bonds. The molecule has 0 aliphatic carbocycles. The number of ketones is 1. The van der Waals surface area contributed by atoms with Crippen LogP contribution in [0, 0.1) is 0 Å². The van der Waals surface area contributed by atoms with Gasteiger partial charge in [-0.15, -0.1) is 0 Å². The number of unbranched alkanes of at least 4 members (excludes halogenated alkanes) is 2. The third-order valence-electron chi connectivity index (χ3n) is 3.60. The lowest BCUT2D eigenvalue weighted by atomic mass is 10.1. The van der Waals surface area contributed by atoms with Crippen LogP contribution in [-0.4, -0.2) is 10.4 Å². The van der Waals surface area contributed by atoms with Crippen LogP contribution < -0.4 is 0 Å². The summed E-state index contributed by atoms with van der Waals surface area (Å²) in [5.74, 6) is 0.246. The molecule has 0 spiro atoms. The lowest BCUT2D eigenvalue weighted by molar-refractivity contribution is 0.0973. The summed E-state index contributed by atoms with van der Waals surface area (Å²) in [4.78, 5) is 12.3. The van der Waals surface area contributed by atoms with Crippen molar-refractivity contribution in [2.24, 2.45) is 0 Å². The van der Waals surface area contributed by atoms with Crippen LogP contribution >= 0.6 is 0 Å². The largest absolute Gasteiger partial charge is 0.345 e. The van der Waals surface area contributed by atoms with Crippen LogP contribution in [0.1, 0.15) is 48.7 Å². The van der Waals surface area contributed by atoms with Crippen LogP contribution in [0.25, 0.3) is 0 Å². The predicted molar refractivity (Wildman–Crippen MR) is 83.1 cm³/mol. The summed E-state index contributed by atoms with van der Waals surface area (Å²) < 4.78 is 2.10. The third-order valence-corrected chi connectivity index (χ3v) is 3.60. The minimum absolute atomic E-state index is 0.246. The van der Waals surface area contributed by atoms with Gasteiger partial charge in [0.2, 0.25) is 0 Å². The number of benzene rings is 1. The first-order chi connectivity index (χ1) is 9.81. The van der Waals surface area contributed by atoms with Gasteiger partial charge in [0.15, 0.2) is 5.78 Å². The average Bonchev–Trinajstić information content (AvgIpc) is 2.95. The van der Waals surface area contributed by atoms with Crippen molar-refractivity contribution in [3.63, 3.8) is 0 Å². The molecule has 2 nitrogen and oxygen atoms in total. The summed E-state index contributed by atoms with van der Waals surface area (Å²) >= 11 is 0. The number of nitrogens with zero attached hydrogens (tertiary/aromatic N) is 1. The molecular weight excluding hydrogens is 246 g/mol. The highest BCUT2D eigenvalue weighted by Gasteiger charge is 2.10. The van der Waals surface area contributed by atoms with Crippen LogP contribution in [-0.2, 0) is 13.0 Å². The molecule has 20 heavy (non-hydrogen) atoms. The summed E-state index contributed by atoms with van der Waals surface area (Å²) in [6, 6.07) is 14.1. The molecule has 0 N–H and O–H groups in total. The van der Waals surface area contributed by atoms with Gasteiger partial charge in [-0.25, -0.2) is 0 Å². The molecule has 2 rings (SSSR count). The summed E-state index contributed by atoms with van der Waals surface area (Å²) in [5.41, 5.74) is 2.09. The van der Waals surface area contributed by atoms with Crippen molar-refractivity contribution in [3.05, 3.63) is 59.9 Å². The molecule has 0 aliphatic rings. The van der Waals surface area contributed by atoms with Gasteiger partial charge in [0, 0.05) is 19.2 Å². The second kappa shape index (κ2) is 7.68. The first kappa shape index (κ1) is 14.6. The van der Waals surface area contributed by atoms with Gasteiger partial charge < -0.3 is 4.57 Å². The first-order valence-electron chi connectivity index (χ1n) is 7.53. The van der Waals surface area contributed by atoms with Gasteiger partial charge in [-0.2, -0.15) is 0 Å². The zero-order chi connectivity index (χ0) is 14.2. The van der Waals surface area contributed by atoms with E-state index in [1.54, 1.807) is 0 Å². The zero-order valence-corrected chi connectivity index (χ0v) is 12.2. The van der Waals surface area contributed by atoms with E-state index in [2.05, 4.69) is 23.6 Å². The maximum Gasteiger partial charge on any atom is 0.179 e. The predicted octanol–water partition coefficient (Wildman–Crippen LogP) is 4.49. The van der Waals surface area contributed by atoms with Crippen LogP contribution in [0.15, 0.2) is 48.7 Å². The van der Waals surface area contributed by atoms with E-state index in [1.165, 1.54) is 18.4 Å². The van der Waals surface area contributed by atoms with Gasteiger partial charge in [-0.05, 0) is 30.5 Å². The molecule has 1 aromatic heterocycles. The van der Waals surface area contributed by atoms with Gasteiger partial charge >= 0.3 is 0 Å². The van der Waals surface area contributed by atoms with Crippen LogP contribution in [0.3, 0.4) is 0 Å². The molecule has 0 atom stereocenters. The third kappa shape index (κ3) is 4.09. The Balaban J connectivity index is 1.90. The molecular formula is C18H23NO. The Bertz CT molecular complexity index is 527. The van der Waals surface area contributed by atoms with E-state index in [-0.39, 0.29) is 5.78 Å².